The van der Waals surface area contributed by atoms with E-state index >= 15 is 0 Å². The molecule has 0 fully saturated rings. The minimum Gasteiger partial charge on any atom is -0.415 e. The van der Waals surface area contributed by atoms with Crippen LogP contribution in [-0.2, 0) is 0 Å². The van der Waals surface area contributed by atoms with Crippen molar-refractivity contribution in [1.29, 1.82) is 0 Å². The van der Waals surface area contributed by atoms with Gasteiger partial charge in [0.25, 0.3) is 11.8 Å². The molecule has 0 aliphatic rings. The van der Waals surface area contributed by atoms with Gasteiger partial charge in [-0.1, -0.05) is 18.2 Å². The largest absolute Gasteiger partial charge is 0.415 e. The van der Waals surface area contributed by atoms with Gasteiger partial charge in [0.15, 0.2) is 0 Å². The molecule has 10 heteroatoms. The molecule has 0 spiro atoms. The fraction of sp³-hybridized carbons (Fsp3) is 0. The lowest BCUT2D eigenvalue weighted by atomic mass is 10.1. The van der Waals surface area contributed by atoms with Gasteiger partial charge in [-0.25, -0.2) is 9.97 Å². The number of pyridine rings is 4. The van der Waals surface area contributed by atoms with Crippen molar-refractivity contribution in [3.63, 3.8) is 0 Å². The smallest absolute Gasteiger partial charge is 0.266 e. The third-order valence-corrected chi connectivity index (χ3v) is 5.63. The summed E-state index contributed by atoms with van der Waals surface area (Å²) in [5.41, 5.74) is 4.07. The summed E-state index contributed by atoms with van der Waals surface area (Å²) < 4.78 is 11.8. The third kappa shape index (κ3) is 3.53. The van der Waals surface area contributed by atoms with Gasteiger partial charge in [0.1, 0.15) is 11.4 Å². The second kappa shape index (κ2) is 8.13. The van der Waals surface area contributed by atoms with Gasteiger partial charge in [-0.15, -0.1) is 20.4 Å². The van der Waals surface area contributed by atoms with Crippen LogP contribution in [0.25, 0.3) is 67.9 Å². The first kappa shape index (κ1) is 20.0. The number of rotatable bonds is 4. The molecule has 0 atom stereocenters. The van der Waals surface area contributed by atoms with Gasteiger partial charge in [-0.2, -0.15) is 0 Å². The van der Waals surface area contributed by atoms with Gasteiger partial charge in [0.05, 0.1) is 23.4 Å². The van der Waals surface area contributed by atoms with Crippen LogP contribution in [0.1, 0.15) is 0 Å². The lowest BCUT2D eigenvalue weighted by molar-refractivity contribution is 0.580. The predicted octanol–water partition coefficient (Wildman–Crippen LogP) is 5.01. The van der Waals surface area contributed by atoms with Crippen molar-refractivity contribution >= 4 is 21.8 Å². The summed E-state index contributed by atoms with van der Waals surface area (Å²) in [6.45, 7) is 0. The Hall–Kier alpha value is -5.38. The molecular formula is C26H14N8O2. The second-order valence-electron chi connectivity index (χ2n) is 7.94. The van der Waals surface area contributed by atoms with E-state index in [-0.39, 0.29) is 0 Å². The number of hydrogen-bond donors (Lipinski definition) is 0. The Morgan fingerprint density at radius 1 is 0.500 bits per heavy atom. The molecule has 6 heterocycles. The zero-order valence-corrected chi connectivity index (χ0v) is 18.5. The summed E-state index contributed by atoms with van der Waals surface area (Å²) in [5.74, 6) is 1.34. The van der Waals surface area contributed by atoms with E-state index in [1.165, 1.54) is 0 Å². The maximum atomic E-state index is 5.92. The zero-order chi connectivity index (χ0) is 23.9. The average Bonchev–Trinajstić information content (AvgIpc) is 3.64. The Balaban J connectivity index is 1.19. The number of nitrogens with zero attached hydrogens (tertiary/aromatic N) is 8. The molecule has 0 amide bonds. The number of benzene rings is 1. The van der Waals surface area contributed by atoms with E-state index in [0.717, 1.165) is 21.8 Å². The highest BCUT2D eigenvalue weighted by molar-refractivity contribution is 5.80. The molecular weight excluding hydrogens is 456 g/mol. The lowest BCUT2D eigenvalue weighted by Crippen LogP contribution is -1.86. The average molecular weight is 470 g/mol. The van der Waals surface area contributed by atoms with Gasteiger partial charge < -0.3 is 8.83 Å². The Morgan fingerprint density at radius 2 is 1.00 bits per heavy atom. The molecule has 10 nitrogen and oxygen atoms in total. The maximum absolute atomic E-state index is 5.92. The van der Waals surface area contributed by atoms with E-state index in [2.05, 4.69) is 40.3 Å². The molecule has 0 saturated heterocycles. The minimum absolute atomic E-state index is 0.318. The monoisotopic (exact) mass is 470 g/mol. The summed E-state index contributed by atoms with van der Waals surface area (Å²) in [4.78, 5) is 17.4. The Labute approximate surface area is 202 Å². The SMILES string of the molecule is c1cc(-c2nnc(-c3ccc4ccncc4n3)o2)cc(-c2nnc(-c3ccc4ccncc4n3)o2)c1. The standard InChI is InChI=1S/C26H14N8O2/c1-2-17(23-31-33-25(35-23)19-6-4-15-8-10-27-13-21(15)29-19)12-18(3-1)24-32-34-26(36-24)20-7-5-16-9-11-28-14-22(16)30-20/h1-14H. The highest BCUT2D eigenvalue weighted by Crippen LogP contribution is 2.29. The molecule has 0 radical (unpaired) electrons. The second-order valence-corrected chi connectivity index (χ2v) is 7.94. The number of fused-ring (bicyclic) bond motifs is 2. The molecule has 0 saturated carbocycles. The summed E-state index contributed by atoms with van der Waals surface area (Å²) in [7, 11) is 0. The Bertz CT molecular complexity index is 1740. The predicted molar refractivity (Wildman–Crippen MR) is 130 cm³/mol. The van der Waals surface area contributed by atoms with Gasteiger partial charge in [0.2, 0.25) is 11.8 Å². The summed E-state index contributed by atoms with van der Waals surface area (Å²) in [6, 6.07) is 18.8. The topological polar surface area (TPSA) is 129 Å². The van der Waals surface area contributed by atoms with E-state index in [1.54, 1.807) is 24.8 Å². The van der Waals surface area contributed by atoms with E-state index in [1.807, 2.05) is 60.7 Å². The molecule has 7 rings (SSSR count). The van der Waals surface area contributed by atoms with Gasteiger partial charge in [-0.3, -0.25) is 9.97 Å². The van der Waals surface area contributed by atoms with Crippen LogP contribution in [0.3, 0.4) is 0 Å². The fourth-order valence-electron chi connectivity index (χ4n) is 3.84. The zero-order valence-electron chi connectivity index (χ0n) is 18.5. The van der Waals surface area contributed by atoms with Crippen LogP contribution in [0.4, 0.5) is 0 Å². The Morgan fingerprint density at radius 3 is 1.53 bits per heavy atom. The molecule has 0 bridgehead atoms. The summed E-state index contributed by atoms with van der Waals surface area (Å²) >= 11 is 0. The van der Waals surface area contributed by atoms with Crippen LogP contribution in [0.5, 0.6) is 0 Å². The molecule has 6 aromatic heterocycles. The van der Waals surface area contributed by atoms with Crippen LogP contribution in [0.2, 0.25) is 0 Å². The minimum atomic E-state index is 0.318. The quantitative estimate of drug-likeness (QED) is 0.346. The molecule has 7 aromatic rings. The first-order chi connectivity index (χ1) is 17.8. The van der Waals surface area contributed by atoms with Gasteiger partial charge in [-0.05, 0) is 42.5 Å². The van der Waals surface area contributed by atoms with Crippen molar-refractivity contribution < 1.29 is 8.83 Å². The van der Waals surface area contributed by atoms with Crippen molar-refractivity contribution in [3.05, 3.63) is 85.5 Å². The fourth-order valence-corrected chi connectivity index (χ4v) is 3.84. The molecule has 36 heavy (non-hydrogen) atoms. The molecule has 0 unspecified atom stereocenters. The van der Waals surface area contributed by atoms with Crippen molar-refractivity contribution in [2.75, 3.05) is 0 Å². The van der Waals surface area contributed by atoms with Crippen molar-refractivity contribution in [2.45, 2.75) is 0 Å². The normalized spacial score (nSPS) is 11.3. The van der Waals surface area contributed by atoms with Crippen LogP contribution in [0, 0.1) is 0 Å². The Kier molecular flexibility index (Phi) is 4.53. The van der Waals surface area contributed by atoms with E-state index in [0.29, 0.717) is 46.1 Å². The first-order valence-corrected chi connectivity index (χ1v) is 11.0. The van der Waals surface area contributed by atoms with Crippen molar-refractivity contribution in [2.24, 2.45) is 0 Å². The van der Waals surface area contributed by atoms with E-state index in [9.17, 15) is 0 Å². The summed E-state index contributed by atoms with van der Waals surface area (Å²) in [5, 5.41) is 18.7. The summed E-state index contributed by atoms with van der Waals surface area (Å²) in [6.07, 6.45) is 6.85. The highest BCUT2D eigenvalue weighted by Gasteiger charge is 2.16. The van der Waals surface area contributed by atoms with Crippen molar-refractivity contribution in [3.8, 4) is 46.1 Å². The number of aromatic nitrogens is 8. The van der Waals surface area contributed by atoms with E-state index < -0.39 is 0 Å². The molecule has 1 aromatic carbocycles. The van der Waals surface area contributed by atoms with Crippen LogP contribution >= 0.6 is 0 Å². The van der Waals surface area contributed by atoms with Crippen LogP contribution in [-0.4, -0.2) is 40.3 Å². The molecule has 170 valence electrons. The van der Waals surface area contributed by atoms with Gasteiger partial charge >= 0.3 is 0 Å². The van der Waals surface area contributed by atoms with E-state index in [4.69, 9.17) is 8.83 Å². The third-order valence-electron chi connectivity index (χ3n) is 5.63. The van der Waals surface area contributed by atoms with Crippen molar-refractivity contribution in [1.82, 2.24) is 40.3 Å². The first-order valence-electron chi connectivity index (χ1n) is 11.0. The van der Waals surface area contributed by atoms with Crippen LogP contribution in [0.15, 0.2) is 94.3 Å². The maximum Gasteiger partial charge on any atom is 0.266 e. The molecule has 0 aliphatic heterocycles. The molecule has 0 N–H and O–H groups in total. The van der Waals surface area contributed by atoms with Gasteiger partial charge in [0, 0.05) is 34.3 Å². The lowest BCUT2D eigenvalue weighted by Gasteiger charge is -2.00. The number of hydrogen-bond acceptors (Lipinski definition) is 10. The molecule has 0 aliphatic carbocycles. The van der Waals surface area contributed by atoms with Crippen LogP contribution < -0.4 is 0 Å². The highest BCUT2D eigenvalue weighted by atomic mass is 16.4.